The lowest BCUT2D eigenvalue weighted by atomic mass is 9.70. The minimum atomic E-state index is -1.32. The highest BCUT2D eigenvalue weighted by atomic mass is 32.2. The Labute approximate surface area is 171 Å². The van der Waals surface area contributed by atoms with Gasteiger partial charge >= 0.3 is 0 Å². The summed E-state index contributed by atoms with van der Waals surface area (Å²) in [5.74, 6) is 0.726. The summed E-state index contributed by atoms with van der Waals surface area (Å²) in [6.07, 6.45) is 5.55. The molecule has 28 heavy (non-hydrogen) atoms. The quantitative estimate of drug-likeness (QED) is 0.501. The lowest BCUT2D eigenvalue weighted by Crippen LogP contribution is -2.37. The molecule has 1 atom stereocenters. The van der Waals surface area contributed by atoms with Crippen molar-refractivity contribution < 1.29 is 18.4 Å². The van der Waals surface area contributed by atoms with E-state index in [1.165, 1.54) is 5.56 Å². The van der Waals surface area contributed by atoms with Crippen LogP contribution in [-0.2, 0) is 22.5 Å². The van der Waals surface area contributed by atoms with E-state index in [0.29, 0.717) is 19.1 Å². The van der Waals surface area contributed by atoms with Gasteiger partial charge in [-0.15, -0.1) is 0 Å². The highest BCUT2D eigenvalue weighted by Gasteiger charge is 2.47. The van der Waals surface area contributed by atoms with Crippen molar-refractivity contribution in [1.82, 2.24) is 0 Å². The SMILES string of the molecule is COC1CCC2(CC1)Cc1ccc(OCCCF)cc1/C2=N\[S+]([O-])C(C)(C)C. The van der Waals surface area contributed by atoms with Crippen LogP contribution in [0.4, 0.5) is 4.39 Å². The monoisotopic (exact) mass is 409 g/mol. The van der Waals surface area contributed by atoms with E-state index in [9.17, 15) is 8.94 Å². The predicted octanol–water partition coefficient (Wildman–Crippen LogP) is 4.81. The van der Waals surface area contributed by atoms with Gasteiger partial charge in [0.15, 0.2) is 0 Å². The Kier molecular flexibility index (Phi) is 6.72. The zero-order chi connectivity index (χ0) is 20.4. The average molecular weight is 410 g/mol. The van der Waals surface area contributed by atoms with E-state index < -0.39 is 16.1 Å². The van der Waals surface area contributed by atoms with Crippen LogP contribution in [-0.4, -0.2) is 41.5 Å². The van der Waals surface area contributed by atoms with Crippen LogP contribution in [0.3, 0.4) is 0 Å². The van der Waals surface area contributed by atoms with Crippen LogP contribution < -0.4 is 4.74 Å². The standard InChI is InChI=1S/C22H32FNO3S/c1-21(2,3)28(25)24-20-19-14-18(27-13-5-12-23)7-6-16(19)15-22(20)10-8-17(26-4)9-11-22/h6-7,14,17H,5,8-13,15H2,1-4H3/b24-20+. The maximum Gasteiger partial charge on any atom is 0.144 e. The molecule has 3 rings (SSSR count). The van der Waals surface area contributed by atoms with Crippen LogP contribution in [0.1, 0.15) is 64.0 Å². The zero-order valence-electron chi connectivity index (χ0n) is 17.4. The normalized spacial score (nSPS) is 27.2. The predicted molar refractivity (Wildman–Crippen MR) is 112 cm³/mol. The third-order valence-corrected chi connectivity index (χ3v) is 7.23. The molecule has 1 spiro atoms. The number of halogens is 1. The lowest BCUT2D eigenvalue weighted by molar-refractivity contribution is 0.0468. The summed E-state index contributed by atoms with van der Waals surface area (Å²) in [6.45, 7) is 5.83. The molecule has 0 aliphatic heterocycles. The molecule has 0 heterocycles. The molecule has 4 nitrogen and oxygen atoms in total. The van der Waals surface area contributed by atoms with Crippen molar-refractivity contribution in [2.45, 2.75) is 70.1 Å². The third-order valence-electron chi connectivity index (χ3n) is 5.84. The third kappa shape index (κ3) is 4.55. The van der Waals surface area contributed by atoms with Crippen molar-refractivity contribution in [1.29, 1.82) is 0 Å². The number of benzene rings is 1. The molecule has 0 radical (unpaired) electrons. The van der Waals surface area contributed by atoms with Gasteiger partial charge < -0.3 is 14.0 Å². The summed E-state index contributed by atoms with van der Waals surface area (Å²) in [5.41, 5.74) is 3.17. The van der Waals surface area contributed by atoms with Crippen LogP contribution in [0.2, 0.25) is 0 Å². The number of ether oxygens (including phenoxy) is 2. The Balaban J connectivity index is 1.95. The molecular weight excluding hydrogens is 377 g/mol. The van der Waals surface area contributed by atoms with E-state index in [-0.39, 0.29) is 12.1 Å². The van der Waals surface area contributed by atoms with E-state index in [1.54, 1.807) is 7.11 Å². The van der Waals surface area contributed by atoms with Gasteiger partial charge in [-0.2, -0.15) is 0 Å². The van der Waals surface area contributed by atoms with Gasteiger partial charge in [0, 0.05) is 24.5 Å². The summed E-state index contributed by atoms with van der Waals surface area (Å²) in [6, 6.07) is 6.05. The number of hydrogen-bond donors (Lipinski definition) is 0. The van der Waals surface area contributed by atoms with E-state index >= 15 is 0 Å². The van der Waals surface area contributed by atoms with Gasteiger partial charge in [0.1, 0.15) is 27.6 Å². The van der Waals surface area contributed by atoms with Crippen LogP contribution in [0.5, 0.6) is 5.75 Å². The summed E-state index contributed by atoms with van der Waals surface area (Å²) in [4.78, 5) is 0. The second kappa shape index (κ2) is 8.72. The minimum Gasteiger partial charge on any atom is -0.591 e. The first-order valence-electron chi connectivity index (χ1n) is 10.1. The van der Waals surface area contributed by atoms with E-state index in [4.69, 9.17) is 13.9 Å². The first-order valence-corrected chi connectivity index (χ1v) is 11.3. The number of fused-ring (bicyclic) bond motifs is 1. The number of hydrogen-bond acceptors (Lipinski definition) is 4. The molecule has 0 saturated heterocycles. The van der Waals surface area contributed by atoms with Gasteiger partial charge in [0.05, 0.1) is 19.4 Å². The largest absolute Gasteiger partial charge is 0.591 e. The Morgan fingerprint density at radius 2 is 2.00 bits per heavy atom. The maximum absolute atomic E-state index is 12.9. The molecule has 6 heteroatoms. The second-order valence-corrected chi connectivity index (χ2v) is 10.8. The number of methoxy groups -OCH3 is 1. The van der Waals surface area contributed by atoms with Crippen molar-refractivity contribution in [2.75, 3.05) is 20.4 Å². The number of nitrogens with zero attached hydrogens (tertiary/aromatic N) is 1. The highest BCUT2D eigenvalue weighted by molar-refractivity contribution is 7.91. The molecule has 2 aliphatic rings. The van der Waals surface area contributed by atoms with Crippen molar-refractivity contribution in [3.05, 3.63) is 29.3 Å². The summed E-state index contributed by atoms with van der Waals surface area (Å²) in [5, 5.41) is 0. The molecule has 156 valence electrons. The Morgan fingerprint density at radius 3 is 2.61 bits per heavy atom. The molecule has 1 saturated carbocycles. The van der Waals surface area contributed by atoms with Gasteiger partial charge in [-0.25, -0.2) is 0 Å². The van der Waals surface area contributed by atoms with Crippen molar-refractivity contribution >= 4 is 17.1 Å². The maximum atomic E-state index is 12.9. The molecule has 0 amide bonds. The summed E-state index contributed by atoms with van der Waals surface area (Å²) in [7, 11) is 1.77. The van der Waals surface area contributed by atoms with Crippen LogP contribution >= 0.6 is 0 Å². The van der Waals surface area contributed by atoms with Crippen LogP contribution in [0.25, 0.3) is 0 Å². The lowest BCUT2D eigenvalue weighted by Gasteiger charge is -2.37. The first kappa shape index (κ1) is 21.6. The van der Waals surface area contributed by atoms with Crippen molar-refractivity contribution in [2.24, 2.45) is 9.81 Å². The first-order chi connectivity index (χ1) is 13.3. The Hall–Kier alpha value is -1.11. The van der Waals surface area contributed by atoms with Crippen molar-refractivity contribution in [3.8, 4) is 5.75 Å². The van der Waals surface area contributed by atoms with Gasteiger partial charge in [-0.05, 0) is 70.6 Å². The van der Waals surface area contributed by atoms with Gasteiger partial charge in [0.25, 0.3) is 0 Å². The van der Waals surface area contributed by atoms with E-state index in [2.05, 4.69) is 6.07 Å². The van der Waals surface area contributed by atoms with Crippen molar-refractivity contribution in [3.63, 3.8) is 0 Å². The Bertz CT molecular complexity index is 708. The summed E-state index contributed by atoms with van der Waals surface area (Å²) >= 11 is -1.32. The number of alkyl halides is 1. The summed E-state index contributed by atoms with van der Waals surface area (Å²) < 4.78 is 40.9. The molecule has 0 bridgehead atoms. The average Bonchev–Trinajstić information content (AvgIpc) is 2.94. The Morgan fingerprint density at radius 1 is 1.29 bits per heavy atom. The molecule has 1 unspecified atom stereocenters. The van der Waals surface area contributed by atoms with Gasteiger partial charge in [-0.1, -0.05) is 10.5 Å². The number of rotatable bonds is 6. The zero-order valence-corrected chi connectivity index (χ0v) is 18.2. The minimum absolute atomic E-state index is 0.0736. The molecule has 2 aliphatic carbocycles. The van der Waals surface area contributed by atoms with E-state index in [0.717, 1.165) is 49.1 Å². The molecule has 0 aromatic heterocycles. The van der Waals surface area contributed by atoms with Crippen LogP contribution in [0.15, 0.2) is 22.6 Å². The fourth-order valence-corrected chi connectivity index (χ4v) is 4.89. The smallest absolute Gasteiger partial charge is 0.144 e. The molecule has 1 fully saturated rings. The highest BCUT2D eigenvalue weighted by Crippen LogP contribution is 2.49. The molecular formula is C22H32FNO3S. The van der Waals surface area contributed by atoms with Gasteiger partial charge in [-0.3, -0.25) is 4.39 Å². The molecule has 1 aromatic rings. The fraction of sp³-hybridized carbons (Fsp3) is 0.682. The fourth-order valence-electron chi connectivity index (χ4n) is 4.16. The second-order valence-electron chi connectivity index (χ2n) is 8.90. The van der Waals surface area contributed by atoms with E-state index in [1.807, 2.05) is 32.9 Å². The topological polar surface area (TPSA) is 53.9 Å². The molecule has 1 aromatic carbocycles. The van der Waals surface area contributed by atoms with Crippen LogP contribution in [0, 0.1) is 5.41 Å². The molecule has 0 N–H and O–H groups in total. The van der Waals surface area contributed by atoms with Gasteiger partial charge in [0.2, 0.25) is 0 Å².